The molecule has 1 fully saturated rings. The Morgan fingerprint density at radius 2 is 2.50 bits per heavy atom. The first-order valence-corrected chi connectivity index (χ1v) is 4.97. The molecule has 1 aliphatic heterocycles. The third-order valence-corrected chi connectivity index (χ3v) is 2.65. The molecule has 2 heterocycles. The number of likely N-dealkylation sites (N-methyl/N-ethyl adjacent to an activating group) is 1. The van der Waals surface area contributed by atoms with Crippen molar-refractivity contribution >= 4 is 5.82 Å². The molecule has 3 N–H and O–H groups in total. The first-order chi connectivity index (χ1) is 7.61. The van der Waals surface area contributed by atoms with Crippen molar-refractivity contribution in [3.63, 3.8) is 0 Å². The number of hydroxylamine groups is 2. The van der Waals surface area contributed by atoms with Crippen LogP contribution in [-0.2, 0) is 4.84 Å². The number of aromatic nitrogens is 2. The van der Waals surface area contributed by atoms with E-state index in [1.54, 1.807) is 18.3 Å². The molecule has 1 saturated heterocycles. The van der Waals surface area contributed by atoms with Crippen molar-refractivity contribution in [3.05, 3.63) is 22.7 Å². The van der Waals surface area contributed by atoms with Crippen LogP contribution in [0.4, 0.5) is 5.82 Å². The highest BCUT2D eigenvalue weighted by molar-refractivity contribution is 5.23. The van der Waals surface area contributed by atoms with Crippen molar-refractivity contribution in [2.75, 3.05) is 19.4 Å². The maximum absolute atomic E-state index is 11.5. The molecule has 1 aromatic heterocycles. The fraction of sp³-hybridized carbons (Fsp3) is 0.556. The van der Waals surface area contributed by atoms with Gasteiger partial charge in [-0.15, -0.1) is 0 Å². The van der Waals surface area contributed by atoms with Gasteiger partial charge >= 0.3 is 5.69 Å². The summed E-state index contributed by atoms with van der Waals surface area (Å²) in [7, 11) is 1.72. The van der Waals surface area contributed by atoms with E-state index in [0.717, 1.165) is 0 Å². The third kappa shape index (κ3) is 1.92. The van der Waals surface area contributed by atoms with Crippen LogP contribution in [0.15, 0.2) is 17.1 Å². The summed E-state index contributed by atoms with van der Waals surface area (Å²) in [5.74, 6) is 0.186. The van der Waals surface area contributed by atoms with Gasteiger partial charge in [-0.2, -0.15) is 10.0 Å². The van der Waals surface area contributed by atoms with Gasteiger partial charge in [0, 0.05) is 19.7 Å². The number of nitrogens with zero attached hydrogens (tertiary/aromatic N) is 3. The number of hydrogen-bond donors (Lipinski definition) is 2. The van der Waals surface area contributed by atoms with Crippen molar-refractivity contribution in [2.24, 2.45) is 0 Å². The molecule has 2 rings (SSSR count). The van der Waals surface area contributed by atoms with Gasteiger partial charge in [0.15, 0.2) is 6.23 Å². The second-order valence-corrected chi connectivity index (χ2v) is 3.72. The molecule has 0 aliphatic carbocycles. The molecular formula is C9H14N4O3. The molecule has 0 radical (unpaired) electrons. The number of rotatable bonds is 2. The Kier molecular flexibility index (Phi) is 2.90. The fourth-order valence-electron chi connectivity index (χ4n) is 1.70. The minimum Gasteiger partial charge on any atom is -0.395 e. The summed E-state index contributed by atoms with van der Waals surface area (Å²) >= 11 is 0. The molecule has 2 atom stereocenters. The normalized spacial score (nSPS) is 26.1. The molecule has 0 saturated carbocycles. The lowest BCUT2D eigenvalue weighted by atomic mass is 10.2. The van der Waals surface area contributed by atoms with E-state index in [-0.39, 0.29) is 18.5 Å². The van der Waals surface area contributed by atoms with E-state index in [2.05, 4.69) is 4.98 Å². The Bertz CT molecular complexity index is 433. The molecule has 88 valence electrons. The summed E-state index contributed by atoms with van der Waals surface area (Å²) in [6, 6.07) is 1.44. The molecule has 0 aromatic carbocycles. The van der Waals surface area contributed by atoms with E-state index >= 15 is 0 Å². The van der Waals surface area contributed by atoms with E-state index in [4.69, 9.17) is 15.7 Å². The van der Waals surface area contributed by atoms with Crippen molar-refractivity contribution in [3.8, 4) is 0 Å². The Morgan fingerprint density at radius 3 is 3.06 bits per heavy atom. The summed E-state index contributed by atoms with van der Waals surface area (Å²) in [6.07, 6.45) is 1.66. The number of aliphatic hydroxyl groups excluding tert-OH is 1. The molecule has 7 nitrogen and oxygen atoms in total. The third-order valence-electron chi connectivity index (χ3n) is 2.65. The van der Waals surface area contributed by atoms with Gasteiger partial charge in [-0.3, -0.25) is 9.40 Å². The van der Waals surface area contributed by atoms with Gasteiger partial charge in [-0.1, -0.05) is 0 Å². The standard InChI is InChI=1S/C9H14N4O3/c1-12-6(5-14)4-8(16-12)13-3-2-7(10)11-9(13)15/h2-3,6,8,14H,4-5H2,1H3,(H2,10,11,15)/t6-,8+/m1/s1. The van der Waals surface area contributed by atoms with E-state index in [1.165, 1.54) is 10.6 Å². The smallest absolute Gasteiger partial charge is 0.351 e. The van der Waals surface area contributed by atoms with Crippen LogP contribution in [0.5, 0.6) is 0 Å². The maximum Gasteiger partial charge on any atom is 0.351 e. The molecule has 0 amide bonds. The van der Waals surface area contributed by atoms with Gasteiger partial charge in [0.2, 0.25) is 0 Å². The zero-order valence-electron chi connectivity index (χ0n) is 8.91. The maximum atomic E-state index is 11.5. The number of nitrogens with two attached hydrogens (primary N) is 1. The van der Waals surface area contributed by atoms with Crippen LogP contribution in [0.3, 0.4) is 0 Å². The second kappa shape index (κ2) is 4.20. The van der Waals surface area contributed by atoms with Gasteiger partial charge < -0.3 is 10.8 Å². The van der Waals surface area contributed by atoms with Gasteiger partial charge in [-0.05, 0) is 6.07 Å². The first-order valence-electron chi connectivity index (χ1n) is 4.97. The largest absolute Gasteiger partial charge is 0.395 e. The highest BCUT2D eigenvalue weighted by atomic mass is 16.7. The van der Waals surface area contributed by atoms with Gasteiger partial charge in [0.1, 0.15) is 5.82 Å². The lowest BCUT2D eigenvalue weighted by molar-refractivity contribution is -0.170. The molecule has 16 heavy (non-hydrogen) atoms. The van der Waals surface area contributed by atoms with Crippen molar-refractivity contribution in [2.45, 2.75) is 18.7 Å². The second-order valence-electron chi connectivity index (χ2n) is 3.72. The van der Waals surface area contributed by atoms with E-state index in [9.17, 15) is 4.79 Å². The summed E-state index contributed by atoms with van der Waals surface area (Å²) in [6.45, 7) is -0.00977. The Labute approximate surface area is 92.0 Å². The summed E-state index contributed by atoms with van der Waals surface area (Å²) in [4.78, 5) is 20.6. The molecule has 0 spiro atoms. The van der Waals surface area contributed by atoms with Crippen LogP contribution in [0.2, 0.25) is 0 Å². The molecule has 1 aliphatic rings. The summed E-state index contributed by atoms with van der Waals surface area (Å²) in [5.41, 5.74) is 4.94. The van der Waals surface area contributed by atoms with E-state index in [1.807, 2.05) is 0 Å². The monoisotopic (exact) mass is 226 g/mol. The fourth-order valence-corrected chi connectivity index (χ4v) is 1.70. The van der Waals surface area contributed by atoms with E-state index in [0.29, 0.717) is 6.42 Å². The number of aliphatic hydroxyl groups is 1. The highest BCUT2D eigenvalue weighted by Gasteiger charge is 2.32. The molecule has 0 unspecified atom stereocenters. The zero-order chi connectivity index (χ0) is 11.7. The predicted molar refractivity (Wildman–Crippen MR) is 56.3 cm³/mol. The molecule has 7 heteroatoms. The molecule has 0 bridgehead atoms. The van der Waals surface area contributed by atoms with Crippen LogP contribution < -0.4 is 11.4 Å². The average Bonchev–Trinajstić information content (AvgIpc) is 2.59. The van der Waals surface area contributed by atoms with Crippen LogP contribution in [0.25, 0.3) is 0 Å². The lowest BCUT2D eigenvalue weighted by Crippen LogP contribution is -2.27. The minimum absolute atomic E-state index is 0.00977. The van der Waals surface area contributed by atoms with Gasteiger partial charge in [0.05, 0.1) is 12.6 Å². The van der Waals surface area contributed by atoms with Crippen molar-refractivity contribution in [1.82, 2.24) is 14.6 Å². The van der Waals surface area contributed by atoms with Crippen molar-refractivity contribution in [1.29, 1.82) is 0 Å². The van der Waals surface area contributed by atoms with Crippen LogP contribution in [0, 0.1) is 0 Å². The predicted octanol–water partition coefficient (Wildman–Crippen LogP) is -1.05. The Balaban J connectivity index is 2.23. The van der Waals surface area contributed by atoms with Gasteiger partial charge in [0.25, 0.3) is 0 Å². The SMILES string of the molecule is CN1O[C@H](n2ccc(N)nc2=O)C[C@@H]1CO. The quantitative estimate of drug-likeness (QED) is 0.668. The van der Waals surface area contributed by atoms with Gasteiger partial charge in [-0.25, -0.2) is 4.79 Å². The van der Waals surface area contributed by atoms with Crippen LogP contribution >= 0.6 is 0 Å². The first kappa shape index (κ1) is 11.1. The zero-order valence-corrected chi connectivity index (χ0v) is 8.91. The Hall–Kier alpha value is -1.44. The highest BCUT2D eigenvalue weighted by Crippen LogP contribution is 2.25. The topological polar surface area (TPSA) is 93.6 Å². The summed E-state index contributed by atoms with van der Waals surface area (Å²) in [5, 5.41) is 10.6. The molecule has 1 aromatic rings. The van der Waals surface area contributed by atoms with Crippen LogP contribution in [0.1, 0.15) is 12.6 Å². The molecular weight excluding hydrogens is 212 g/mol. The number of hydrogen-bond acceptors (Lipinski definition) is 6. The van der Waals surface area contributed by atoms with Crippen LogP contribution in [-0.4, -0.2) is 39.4 Å². The number of nitrogen functional groups attached to an aromatic ring is 1. The Morgan fingerprint density at radius 1 is 1.75 bits per heavy atom. The van der Waals surface area contributed by atoms with Crippen molar-refractivity contribution < 1.29 is 9.94 Å². The minimum atomic E-state index is -0.447. The number of anilines is 1. The lowest BCUT2D eigenvalue weighted by Gasteiger charge is -2.14. The average molecular weight is 226 g/mol. The summed E-state index contributed by atoms with van der Waals surface area (Å²) < 4.78 is 1.36. The van der Waals surface area contributed by atoms with E-state index < -0.39 is 11.9 Å².